The van der Waals surface area contributed by atoms with Crippen LogP contribution in [0.25, 0.3) is 0 Å². The molecule has 0 bridgehead atoms. The molecule has 4 N–H and O–H groups in total. The Hall–Kier alpha value is -2.49. The van der Waals surface area contributed by atoms with E-state index in [0.717, 1.165) is 64.5 Å². The molecule has 2 unspecified atom stereocenters. The van der Waals surface area contributed by atoms with Crippen molar-refractivity contribution >= 4 is 30.0 Å². The summed E-state index contributed by atoms with van der Waals surface area (Å²) >= 11 is 0. The number of carboxylic acids is 1. The van der Waals surface area contributed by atoms with E-state index in [4.69, 9.17) is 0 Å². The lowest BCUT2D eigenvalue weighted by atomic mass is 9.85. The predicted molar refractivity (Wildman–Crippen MR) is 135 cm³/mol. The zero-order valence-electron chi connectivity index (χ0n) is 21.6. The average Bonchev–Trinajstić information content (AvgIpc) is 2.87. The molecule has 10 heteroatoms. The Balaban J connectivity index is 1.84. The Morgan fingerprint density at radius 1 is 1.03 bits per heavy atom. The van der Waals surface area contributed by atoms with Gasteiger partial charge in [0.2, 0.25) is 17.7 Å². The fourth-order valence-electron chi connectivity index (χ4n) is 5.26. The Morgan fingerprint density at radius 3 is 2.33 bits per heavy atom. The van der Waals surface area contributed by atoms with Crippen molar-refractivity contribution in [3.63, 3.8) is 0 Å². The molecule has 0 radical (unpaired) electrons. The highest BCUT2D eigenvalue weighted by Crippen LogP contribution is 2.27. The zero-order valence-corrected chi connectivity index (χ0v) is 21.6. The van der Waals surface area contributed by atoms with Crippen LogP contribution < -0.4 is 16.0 Å². The molecule has 1 saturated heterocycles. The maximum atomic E-state index is 12.8. The van der Waals surface area contributed by atoms with E-state index in [0.29, 0.717) is 37.5 Å². The molecular formula is C26H44N4O6. The van der Waals surface area contributed by atoms with Gasteiger partial charge in [-0.25, -0.2) is 0 Å². The summed E-state index contributed by atoms with van der Waals surface area (Å²) in [7, 11) is 0. The second kappa shape index (κ2) is 16.3. The normalized spacial score (nSPS) is 18.6. The Bertz CT molecular complexity index is 734. The first-order chi connectivity index (χ1) is 17.3. The third kappa shape index (κ3) is 11.1. The van der Waals surface area contributed by atoms with Crippen molar-refractivity contribution in [2.24, 2.45) is 11.8 Å². The van der Waals surface area contributed by atoms with Crippen LogP contribution in [0.15, 0.2) is 0 Å². The molecule has 1 aliphatic carbocycles. The topological polar surface area (TPSA) is 145 Å². The van der Waals surface area contributed by atoms with Crippen LogP contribution in [-0.2, 0) is 24.0 Å². The number of hydrogen-bond donors (Lipinski definition) is 4. The number of aliphatic carboxylic acids is 1. The van der Waals surface area contributed by atoms with E-state index in [2.05, 4.69) is 16.0 Å². The summed E-state index contributed by atoms with van der Waals surface area (Å²) in [4.78, 5) is 62.4. The maximum Gasteiger partial charge on any atom is 0.305 e. The summed E-state index contributed by atoms with van der Waals surface area (Å²) in [5.74, 6) is -1.70. The molecule has 0 aromatic heterocycles. The van der Waals surface area contributed by atoms with Crippen molar-refractivity contribution in [2.75, 3.05) is 26.2 Å². The summed E-state index contributed by atoms with van der Waals surface area (Å²) < 4.78 is 0. The van der Waals surface area contributed by atoms with E-state index >= 15 is 0 Å². The SMILES string of the molecule is CCN(CC(=O)NC(CC(=O)O)C(=O)NC(C=O)CC1CCCCC1)C(=O)CCCC1CCNCC1. The van der Waals surface area contributed by atoms with Gasteiger partial charge in [-0.15, -0.1) is 0 Å². The molecule has 10 nitrogen and oxygen atoms in total. The number of nitrogens with zero attached hydrogens (tertiary/aromatic N) is 1. The lowest BCUT2D eigenvalue weighted by Crippen LogP contribution is -2.53. The first-order valence-electron chi connectivity index (χ1n) is 13.6. The number of carbonyl (C=O) groups excluding carboxylic acids is 4. The van der Waals surface area contributed by atoms with Gasteiger partial charge in [0.1, 0.15) is 12.3 Å². The van der Waals surface area contributed by atoms with Crippen molar-refractivity contribution in [3.05, 3.63) is 0 Å². The van der Waals surface area contributed by atoms with Gasteiger partial charge in [0.25, 0.3) is 0 Å². The quantitative estimate of drug-likeness (QED) is 0.246. The highest BCUT2D eigenvalue weighted by Gasteiger charge is 2.28. The molecule has 1 saturated carbocycles. The van der Waals surface area contributed by atoms with Gasteiger partial charge >= 0.3 is 5.97 Å². The van der Waals surface area contributed by atoms with Gasteiger partial charge < -0.3 is 30.8 Å². The van der Waals surface area contributed by atoms with Crippen LogP contribution in [0, 0.1) is 11.8 Å². The molecule has 2 fully saturated rings. The van der Waals surface area contributed by atoms with E-state index in [1.807, 2.05) is 0 Å². The summed E-state index contributed by atoms with van der Waals surface area (Å²) in [5, 5.41) is 17.6. The highest BCUT2D eigenvalue weighted by molar-refractivity contribution is 5.93. The van der Waals surface area contributed by atoms with Gasteiger partial charge in [0.05, 0.1) is 19.0 Å². The standard InChI is InChI=1S/C26H44N4O6/c1-2-30(24(33)10-6-9-19-11-13-27-14-12-19)17-23(32)29-22(16-25(34)35)26(36)28-21(18-31)15-20-7-4-3-5-8-20/h18-22,27H,2-17H2,1H3,(H,28,36)(H,29,32)(H,34,35). The maximum absolute atomic E-state index is 12.8. The molecule has 0 spiro atoms. The molecular weight excluding hydrogens is 464 g/mol. The fourth-order valence-corrected chi connectivity index (χ4v) is 5.26. The van der Waals surface area contributed by atoms with Crippen LogP contribution in [0.4, 0.5) is 0 Å². The van der Waals surface area contributed by atoms with Gasteiger partial charge in [-0.3, -0.25) is 19.2 Å². The third-order valence-electron chi connectivity index (χ3n) is 7.37. The number of piperidine rings is 1. The molecule has 0 aromatic rings. The minimum absolute atomic E-state index is 0.130. The molecule has 204 valence electrons. The second-order valence-electron chi connectivity index (χ2n) is 10.2. The van der Waals surface area contributed by atoms with E-state index in [1.165, 1.54) is 11.3 Å². The Morgan fingerprint density at radius 2 is 1.72 bits per heavy atom. The number of carboxylic acid groups (broad SMARTS) is 1. The first-order valence-corrected chi connectivity index (χ1v) is 13.6. The molecule has 3 amide bonds. The number of rotatable bonds is 15. The minimum Gasteiger partial charge on any atom is -0.481 e. The van der Waals surface area contributed by atoms with Crippen molar-refractivity contribution in [3.8, 4) is 0 Å². The lowest BCUT2D eigenvalue weighted by Gasteiger charge is -2.26. The Kier molecular flexibility index (Phi) is 13.5. The first kappa shape index (κ1) is 29.7. The highest BCUT2D eigenvalue weighted by atomic mass is 16.4. The molecule has 0 aromatic carbocycles. The third-order valence-corrected chi connectivity index (χ3v) is 7.37. The number of nitrogens with one attached hydrogen (secondary N) is 3. The number of hydrogen-bond acceptors (Lipinski definition) is 6. The largest absolute Gasteiger partial charge is 0.481 e. The molecule has 2 rings (SSSR count). The van der Waals surface area contributed by atoms with Crippen LogP contribution >= 0.6 is 0 Å². The number of carbonyl (C=O) groups is 5. The molecule has 2 aliphatic rings. The predicted octanol–water partition coefficient (Wildman–Crippen LogP) is 1.62. The molecule has 1 aliphatic heterocycles. The summed E-state index contributed by atoms with van der Waals surface area (Å²) in [6.07, 6.45) is 10.3. The van der Waals surface area contributed by atoms with Gasteiger partial charge in [0.15, 0.2) is 0 Å². The van der Waals surface area contributed by atoms with Crippen LogP contribution in [0.3, 0.4) is 0 Å². The summed E-state index contributed by atoms with van der Waals surface area (Å²) in [6.45, 7) is 3.90. The summed E-state index contributed by atoms with van der Waals surface area (Å²) in [5.41, 5.74) is 0. The second-order valence-corrected chi connectivity index (χ2v) is 10.2. The summed E-state index contributed by atoms with van der Waals surface area (Å²) in [6, 6.07) is -2.04. The van der Waals surface area contributed by atoms with Gasteiger partial charge in [-0.1, -0.05) is 32.1 Å². The van der Waals surface area contributed by atoms with E-state index in [1.54, 1.807) is 6.92 Å². The van der Waals surface area contributed by atoms with E-state index < -0.39 is 36.3 Å². The van der Waals surface area contributed by atoms with Crippen molar-refractivity contribution < 1.29 is 29.1 Å². The van der Waals surface area contributed by atoms with Crippen LogP contribution in [-0.4, -0.2) is 78.2 Å². The number of likely N-dealkylation sites (N-methyl/N-ethyl adjacent to an activating group) is 1. The number of aldehydes is 1. The monoisotopic (exact) mass is 508 g/mol. The molecule has 1 heterocycles. The van der Waals surface area contributed by atoms with Crippen molar-refractivity contribution in [1.82, 2.24) is 20.9 Å². The van der Waals surface area contributed by atoms with Gasteiger partial charge in [0, 0.05) is 13.0 Å². The molecule has 2 atom stereocenters. The van der Waals surface area contributed by atoms with E-state index in [9.17, 15) is 29.1 Å². The smallest absolute Gasteiger partial charge is 0.305 e. The van der Waals surface area contributed by atoms with Gasteiger partial charge in [-0.05, 0) is 64.0 Å². The van der Waals surface area contributed by atoms with Crippen molar-refractivity contribution in [1.29, 1.82) is 0 Å². The fraction of sp³-hybridized carbons (Fsp3) is 0.808. The van der Waals surface area contributed by atoms with E-state index in [-0.39, 0.29) is 12.5 Å². The number of amides is 3. The lowest BCUT2D eigenvalue weighted by molar-refractivity contribution is -0.141. The van der Waals surface area contributed by atoms with Crippen LogP contribution in [0.5, 0.6) is 0 Å². The minimum atomic E-state index is -1.32. The van der Waals surface area contributed by atoms with Crippen LogP contribution in [0.2, 0.25) is 0 Å². The van der Waals surface area contributed by atoms with Crippen LogP contribution in [0.1, 0.15) is 84.0 Å². The Labute approximate surface area is 214 Å². The zero-order chi connectivity index (χ0) is 26.3. The molecule has 36 heavy (non-hydrogen) atoms. The van der Waals surface area contributed by atoms with Crippen molar-refractivity contribution in [2.45, 2.75) is 96.1 Å². The van der Waals surface area contributed by atoms with Gasteiger partial charge in [-0.2, -0.15) is 0 Å². The average molecular weight is 509 g/mol.